The molecule has 4 nitrogen and oxygen atoms in total. The summed E-state index contributed by atoms with van der Waals surface area (Å²) in [6.45, 7) is 7.08. The van der Waals surface area contributed by atoms with Crippen LogP contribution in [0.25, 0.3) is 0 Å². The molecule has 0 amide bonds. The van der Waals surface area contributed by atoms with Crippen molar-refractivity contribution in [1.29, 1.82) is 0 Å². The molecule has 24 heavy (non-hydrogen) atoms. The minimum atomic E-state index is 0. The molecule has 1 saturated heterocycles. The highest BCUT2D eigenvalue weighted by Gasteiger charge is 2.29. The summed E-state index contributed by atoms with van der Waals surface area (Å²) in [4.78, 5) is 4.76. The van der Waals surface area contributed by atoms with E-state index in [0.29, 0.717) is 10.5 Å². The van der Waals surface area contributed by atoms with E-state index in [1.54, 1.807) is 12.1 Å². The number of aliphatic imine (C=N–C) groups is 1. The summed E-state index contributed by atoms with van der Waals surface area (Å²) in [7, 11) is 0. The van der Waals surface area contributed by atoms with Gasteiger partial charge in [0.05, 0.1) is 6.54 Å². The van der Waals surface area contributed by atoms with Gasteiger partial charge in [0, 0.05) is 17.8 Å². The van der Waals surface area contributed by atoms with Crippen molar-refractivity contribution in [1.82, 2.24) is 10.6 Å². The van der Waals surface area contributed by atoms with E-state index in [4.69, 9.17) is 4.99 Å². The molecule has 3 N–H and O–H groups in total. The number of nitrogens with one attached hydrogen (secondary N) is 2. The molecule has 6 heteroatoms. The van der Waals surface area contributed by atoms with Crippen molar-refractivity contribution < 1.29 is 5.11 Å². The fourth-order valence-electron chi connectivity index (χ4n) is 2.71. The summed E-state index contributed by atoms with van der Waals surface area (Å²) in [6.07, 6.45) is 4.62. The summed E-state index contributed by atoms with van der Waals surface area (Å²) < 4.78 is 0.314. The van der Waals surface area contributed by atoms with Crippen LogP contribution in [0.15, 0.2) is 29.3 Å². The summed E-state index contributed by atoms with van der Waals surface area (Å²) in [6, 6.07) is 7.45. The van der Waals surface area contributed by atoms with Gasteiger partial charge in [0.1, 0.15) is 5.75 Å². The molecular formula is C18H30IN3OS. The van der Waals surface area contributed by atoms with Crippen molar-refractivity contribution in [3.63, 3.8) is 0 Å². The second-order valence-electron chi connectivity index (χ2n) is 6.29. The van der Waals surface area contributed by atoms with Crippen LogP contribution in [0.2, 0.25) is 0 Å². The molecule has 1 aromatic carbocycles. The predicted octanol–water partition coefficient (Wildman–Crippen LogP) is 3.78. The minimum Gasteiger partial charge on any atom is -0.508 e. The lowest BCUT2D eigenvalue weighted by Crippen LogP contribution is -2.39. The van der Waals surface area contributed by atoms with Gasteiger partial charge in [-0.1, -0.05) is 12.1 Å². The summed E-state index contributed by atoms with van der Waals surface area (Å²) in [5.74, 6) is 2.52. The molecule has 0 spiro atoms. The van der Waals surface area contributed by atoms with Gasteiger partial charge >= 0.3 is 0 Å². The van der Waals surface area contributed by atoms with E-state index >= 15 is 0 Å². The molecule has 1 unspecified atom stereocenters. The predicted molar refractivity (Wildman–Crippen MR) is 116 cm³/mol. The van der Waals surface area contributed by atoms with Crippen LogP contribution in [0, 0.1) is 0 Å². The van der Waals surface area contributed by atoms with Crippen molar-refractivity contribution in [2.75, 3.05) is 25.4 Å². The van der Waals surface area contributed by atoms with E-state index in [0.717, 1.165) is 38.4 Å². The number of thioether (sulfide) groups is 1. The Balaban J connectivity index is 0.00000288. The molecule has 136 valence electrons. The number of benzene rings is 1. The van der Waals surface area contributed by atoms with Gasteiger partial charge in [0.25, 0.3) is 0 Å². The first-order chi connectivity index (χ1) is 11.1. The number of guanidine groups is 1. The lowest BCUT2D eigenvalue weighted by atomic mass is 10.1. The van der Waals surface area contributed by atoms with E-state index < -0.39 is 0 Å². The average Bonchev–Trinajstić information content (AvgIpc) is 2.98. The number of rotatable bonds is 7. The Bertz CT molecular complexity index is 501. The van der Waals surface area contributed by atoms with Crippen LogP contribution in [0.5, 0.6) is 5.75 Å². The Hall–Kier alpha value is -0.630. The third-order valence-electron chi connectivity index (χ3n) is 4.09. The maximum absolute atomic E-state index is 9.29. The third-order valence-corrected chi connectivity index (χ3v) is 5.61. The Morgan fingerprint density at radius 3 is 2.67 bits per heavy atom. The molecule has 0 saturated carbocycles. The van der Waals surface area contributed by atoms with Crippen LogP contribution in [0.1, 0.15) is 38.7 Å². The maximum atomic E-state index is 9.29. The highest BCUT2D eigenvalue weighted by atomic mass is 127. The fourth-order valence-corrected chi connectivity index (χ4v) is 3.94. The molecule has 1 aliphatic heterocycles. The number of hydrogen-bond acceptors (Lipinski definition) is 3. The minimum absolute atomic E-state index is 0. The molecule has 1 heterocycles. The summed E-state index contributed by atoms with van der Waals surface area (Å²) in [5.41, 5.74) is 1.25. The molecule has 1 atom stereocenters. The topological polar surface area (TPSA) is 56.7 Å². The van der Waals surface area contributed by atoms with Crippen LogP contribution in [-0.4, -0.2) is 41.2 Å². The van der Waals surface area contributed by atoms with Gasteiger partial charge in [-0.05, 0) is 63.0 Å². The van der Waals surface area contributed by atoms with Gasteiger partial charge in [-0.3, -0.25) is 4.99 Å². The molecule has 1 fully saturated rings. The normalized spacial score (nSPS) is 20.5. The summed E-state index contributed by atoms with van der Waals surface area (Å²) >= 11 is 2.05. The Morgan fingerprint density at radius 2 is 2.04 bits per heavy atom. The van der Waals surface area contributed by atoms with Gasteiger partial charge in [0.2, 0.25) is 0 Å². The van der Waals surface area contributed by atoms with Gasteiger partial charge in [-0.2, -0.15) is 11.8 Å². The molecule has 2 rings (SSSR count). The molecule has 1 aromatic rings. The van der Waals surface area contributed by atoms with Crippen molar-refractivity contribution in [3.05, 3.63) is 29.8 Å². The first kappa shape index (κ1) is 21.4. The van der Waals surface area contributed by atoms with E-state index in [-0.39, 0.29) is 24.0 Å². The average molecular weight is 463 g/mol. The lowest BCUT2D eigenvalue weighted by Gasteiger charge is -2.21. The number of halogens is 1. The number of phenolic OH excluding ortho intramolecular Hbond substituents is 1. The largest absolute Gasteiger partial charge is 0.508 e. The number of hydrogen-bond donors (Lipinski definition) is 3. The van der Waals surface area contributed by atoms with Crippen molar-refractivity contribution in [2.24, 2.45) is 4.99 Å². The smallest absolute Gasteiger partial charge is 0.191 e. The van der Waals surface area contributed by atoms with E-state index in [1.165, 1.54) is 24.2 Å². The SMILES string of the molecule is CCNC(=NCC1(C)CCCS1)NCCCc1ccc(O)cc1.I. The number of nitrogens with zero attached hydrogens (tertiary/aromatic N) is 1. The maximum Gasteiger partial charge on any atom is 0.191 e. The number of aromatic hydroxyl groups is 1. The van der Waals surface area contributed by atoms with Crippen LogP contribution in [0.3, 0.4) is 0 Å². The van der Waals surface area contributed by atoms with Gasteiger partial charge in [0.15, 0.2) is 5.96 Å². The van der Waals surface area contributed by atoms with Gasteiger partial charge in [-0.25, -0.2) is 0 Å². The molecule has 0 radical (unpaired) electrons. The highest BCUT2D eigenvalue weighted by molar-refractivity contribution is 14.0. The zero-order valence-corrected chi connectivity index (χ0v) is 17.8. The van der Waals surface area contributed by atoms with Crippen LogP contribution in [-0.2, 0) is 6.42 Å². The highest BCUT2D eigenvalue weighted by Crippen LogP contribution is 2.37. The van der Waals surface area contributed by atoms with Crippen LogP contribution in [0.4, 0.5) is 0 Å². The summed E-state index contributed by atoms with van der Waals surface area (Å²) in [5, 5.41) is 16.0. The number of phenols is 1. The van der Waals surface area contributed by atoms with Gasteiger partial charge in [-0.15, -0.1) is 24.0 Å². The Morgan fingerprint density at radius 1 is 1.29 bits per heavy atom. The zero-order valence-electron chi connectivity index (χ0n) is 14.7. The lowest BCUT2D eigenvalue weighted by molar-refractivity contribution is 0.475. The Labute approximate surface area is 167 Å². The molecule has 0 bridgehead atoms. The molecule has 0 aliphatic carbocycles. The third kappa shape index (κ3) is 7.51. The van der Waals surface area contributed by atoms with Crippen LogP contribution >= 0.6 is 35.7 Å². The van der Waals surface area contributed by atoms with Crippen LogP contribution < -0.4 is 10.6 Å². The molecule has 0 aromatic heterocycles. The zero-order chi connectivity index (χ0) is 16.5. The quantitative estimate of drug-likeness (QED) is 0.249. The molecule has 1 aliphatic rings. The number of aryl methyl sites for hydroxylation is 1. The first-order valence-corrected chi connectivity index (χ1v) is 9.54. The van der Waals surface area contributed by atoms with Crippen molar-refractivity contribution in [2.45, 2.75) is 44.3 Å². The standard InChI is InChI=1S/C18H29N3OS.HI/c1-3-19-17(21-14-18(2)11-5-13-23-18)20-12-4-6-15-7-9-16(22)10-8-15;/h7-10,22H,3-6,11-14H2,1-2H3,(H2,19,20,21);1H. The van der Waals surface area contributed by atoms with E-state index in [2.05, 4.69) is 24.5 Å². The fraction of sp³-hybridized carbons (Fsp3) is 0.611. The Kier molecular flexibility index (Phi) is 9.88. The second kappa shape index (κ2) is 11.1. The monoisotopic (exact) mass is 463 g/mol. The van der Waals surface area contributed by atoms with Crippen molar-refractivity contribution in [3.8, 4) is 5.75 Å². The van der Waals surface area contributed by atoms with E-state index in [1.807, 2.05) is 23.9 Å². The molecular weight excluding hydrogens is 433 g/mol. The van der Waals surface area contributed by atoms with E-state index in [9.17, 15) is 5.11 Å². The second-order valence-corrected chi connectivity index (χ2v) is 7.98. The first-order valence-electron chi connectivity index (χ1n) is 8.55. The van der Waals surface area contributed by atoms with Crippen molar-refractivity contribution >= 4 is 41.7 Å². The van der Waals surface area contributed by atoms with Gasteiger partial charge < -0.3 is 15.7 Å².